The van der Waals surface area contributed by atoms with Crippen LogP contribution in [0.1, 0.15) is 60.8 Å². The number of hydrogen-bond acceptors (Lipinski definition) is 6. The number of nitrogens with two attached hydrogens (primary N) is 1. The molecule has 24 heavy (non-hydrogen) atoms. The molecule has 8 heteroatoms. The van der Waals surface area contributed by atoms with Crippen LogP contribution in [0.15, 0.2) is 0 Å². The Morgan fingerprint density at radius 1 is 0.958 bits per heavy atom. The number of carboxylic acids is 1. The molecule has 0 saturated heterocycles. The molecule has 0 fully saturated rings. The maximum atomic E-state index is 12.2. The number of carbonyl (C=O) groups excluding carboxylic acids is 2. The molecule has 0 bridgehead atoms. The molecule has 0 aliphatic rings. The predicted molar refractivity (Wildman–Crippen MR) is 88.6 cm³/mol. The number of nitrogens with zero attached hydrogens (tertiary/aromatic N) is 1. The molecule has 0 radical (unpaired) electrons. The Hall–Kier alpha value is -1.83. The highest BCUT2D eigenvalue weighted by Gasteiger charge is 2.30. The summed E-state index contributed by atoms with van der Waals surface area (Å²) in [6, 6.07) is -0.957. The van der Waals surface area contributed by atoms with E-state index in [9.17, 15) is 14.4 Å². The number of amides is 2. The van der Waals surface area contributed by atoms with E-state index in [1.165, 1.54) is 0 Å². The van der Waals surface area contributed by atoms with Crippen molar-refractivity contribution in [2.45, 2.75) is 78.0 Å². The van der Waals surface area contributed by atoms with Gasteiger partial charge in [0.15, 0.2) is 0 Å². The van der Waals surface area contributed by atoms with E-state index in [1.807, 2.05) is 0 Å². The van der Waals surface area contributed by atoms with E-state index in [1.54, 1.807) is 41.5 Å². The molecule has 0 aromatic rings. The largest absolute Gasteiger partial charge is 0.480 e. The van der Waals surface area contributed by atoms with Gasteiger partial charge in [0.05, 0.1) is 0 Å². The van der Waals surface area contributed by atoms with Gasteiger partial charge in [0.25, 0.3) is 0 Å². The Labute approximate surface area is 143 Å². The lowest BCUT2D eigenvalue weighted by Gasteiger charge is -2.28. The van der Waals surface area contributed by atoms with Gasteiger partial charge in [0.2, 0.25) is 0 Å². The second-order valence-electron chi connectivity index (χ2n) is 7.55. The van der Waals surface area contributed by atoms with Crippen molar-refractivity contribution in [1.82, 2.24) is 4.90 Å². The van der Waals surface area contributed by atoms with Crippen LogP contribution >= 0.6 is 0 Å². The molecule has 3 N–H and O–H groups in total. The minimum Gasteiger partial charge on any atom is -0.480 e. The van der Waals surface area contributed by atoms with E-state index in [4.69, 9.17) is 20.3 Å². The first-order valence-electron chi connectivity index (χ1n) is 7.95. The minimum atomic E-state index is -1.08. The second-order valence-corrected chi connectivity index (χ2v) is 7.55. The van der Waals surface area contributed by atoms with Crippen molar-refractivity contribution < 1.29 is 29.0 Å². The summed E-state index contributed by atoms with van der Waals surface area (Å²) in [5.41, 5.74) is 3.93. The summed E-state index contributed by atoms with van der Waals surface area (Å²) in [7, 11) is 0. The Balaban J connectivity index is 4.78. The van der Waals surface area contributed by atoms with Gasteiger partial charge in [-0.25, -0.2) is 14.5 Å². The first kappa shape index (κ1) is 22.2. The van der Waals surface area contributed by atoms with Crippen LogP contribution < -0.4 is 5.73 Å². The third-order valence-electron chi connectivity index (χ3n) is 2.69. The van der Waals surface area contributed by atoms with Crippen molar-refractivity contribution in [3.8, 4) is 0 Å². The highest BCUT2D eigenvalue weighted by molar-refractivity contribution is 5.88. The van der Waals surface area contributed by atoms with E-state index >= 15 is 0 Å². The van der Waals surface area contributed by atoms with Crippen molar-refractivity contribution in [3.63, 3.8) is 0 Å². The Bertz CT molecular complexity index is 422. The summed E-state index contributed by atoms with van der Waals surface area (Å²) in [6.07, 6.45) is -0.473. The van der Waals surface area contributed by atoms with E-state index in [2.05, 4.69) is 0 Å². The van der Waals surface area contributed by atoms with Crippen LogP contribution in [0.4, 0.5) is 9.59 Å². The van der Waals surface area contributed by atoms with E-state index < -0.39 is 35.4 Å². The number of ether oxygens (including phenoxy) is 2. The average Bonchev–Trinajstić information content (AvgIpc) is 2.33. The van der Waals surface area contributed by atoms with Crippen LogP contribution in [0.25, 0.3) is 0 Å². The highest BCUT2D eigenvalue weighted by atomic mass is 16.6. The highest BCUT2D eigenvalue weighted by Crippen LogP contribution is 2.15. The molecule has 0 spiro atoms. The Morgan fingerprint density at radius 3 is 1.71 bits per heavy atom. The Kier molecular flexibility index (Phi) is 8.19. The SMILES string of the molecule is CC(C)(C)OC(=O)N(CCCC[C@@H](N)C(=O)O)C(=O)OC(C)(C)C. The van der Waals surface area contributed by atoms with Crippen molar-refractivity contribution in [2.75, 3.05) is 6.54 Å². The molecule has 0 heterocycles. The standard InChI is InChI=1S/C16H30N2O6/c1-15(2,3)23-13(21)18(14(22)24-16(4,5)6)10-8-7-9-11(17)12(19)20/h11H,7-10,17H2,1-6H3,(H,19,20)/t11-/m1/s1. The number of imide groups is 1. The fraction of sp³-hybridized carbons (Fsp3) is 0.812. The molecular weight excluding hydrogens is 316 g/mol. The van der Waals surface area contributed by atoms with Gasteiger partial charge in [-0.3, -0.25) is 4.79 Å². The van der Waals surface area contributed by atoms with Gasteiger partial charge < -0.3 is 20.3 Å². The molecule has 0 aliphatic heterocycles. The topological polar surface area (TPSA) is 119 Å². The van der Waals surface area contributed by atoms with E-state index in [0.717, 1.165) is 4.90 Å². The second kappa shape index (κ2) is 8.86. The number of aliphatic carboxylic acids is 1. The van der Waals surface area contributed by atoms with Gasteiger partial charge in [-0.15, -0.1) is 0 Å². The molecule has 8 nitrogen and oxygen atoms in total. The van der Waals surface area contributed by atoms with Crippen LogP contribution in [0.3, 0.4) is 0 Å². The van der Waals surface area contributed by atoms with Gasteiger partial charge in [-0.2, -0.15) is 0 Å². The van der Waals surface area contributed by atoms with E-state index in [0.29, 0.717) is 12.8 Å². The maximum absolute atomic E-state index is 12.2. The molecule has 0 rings (SSSR count). The molecule has 140 valence electrons. The van der Waals surface area contributed by atoms with E-state index in [-0.39, 0.29) is 13.0 Å². The molecule has 0 aliphatic carbocycles. The smallest absolute Gasteiger partial charge is 0.419 e. The van der Waals surface area contributed by atoms with Crippen LogP contribution in [0, 0.1) is 0 Å². The molecular formula is C16H30N2O6. The van der Waals surface area contributed by atoms with Crippen LogP contribution in [0.5, 0.6) is 0 Å². The van der Waals surface area contributed by atoms with Crippen molar-refractivity contribution in [1.29, 1.82) is 0 Å². The first-order valence-corrected chi connectivity index (χ1v) is 7.95. The number of carboxylic acid groups (broad SMARTS) is 1. The lowest BCUT2D eigenvalue weighted by atomic mass is 10.1. The fourth-order valence-electron chi connectivity index (χ4n) is 1.65. The molecule has 1 atom stereocenters. The number of unbranched alkanes of at least 4 members (excludes halogenated alkanes) is 1. The zero-order chi connectivity index (χ0) is 19.1. The predicted octanol–water partition coefficient (Wildman–Crippen LogP) is 2.74. The maximum Gasteiger partial charge on any atom is 0.419 e. The third-order valence-corrected chi connectivity index (χ3v) is 2.69. The lowest BCUT2D eigenvalue weighted by Crippen LogP contribution is -2.44. The molecule has 0 unspecified atom stereocenters. The fourth-order valence-corrected chi connectivity index (χ4v) is 1.65. The molecule has 0 aromatic carbocycles. The minimum absolute atomic E-state index is 0.0656. The van der Waals surface area contributed by atoms with Crippen molar-refractivity contribution >= 4 is 18.2 Å². The van der Waals surface area contributed by atoms with Gasteiger partial charge in [-0.1, -0.05) is 0 Å². The van der Waals surface area contributed by atoms with Gasteiger partial charge in [0.1, 0.15) is 17.2 Å². The van der Waals surface area contributed by atoms with Gasteiger partial charge in [-0.05, 0) is 60.8 Å². The zero-order valence-electron chi connectivity index (χ0n) is 15.4. The third kappa shape index (κ3) is 10.0. The zero-order valence-corrected chi connectivity index (χ0v) is 15.4. The van der Waals surface area contributed by atoms with Gasteiger partial charge >= 0.3 is 18.2 Å². The Morgan fingerprint density at radius 2 is 1.38 bits per heavy atom. The molecule has 2 amide bonds. The number of hydrogen-bond donors (Lipinski definition) is 2. The average molecular weight is 346 g/mol. The number of carbonyl (C=O) groups is 3. The van der Waals surface area contributed by atoms with Crippen LogP contribution in [0.2, 0.25) is 0 Å². The van der Waals surface area contributed by atoms with Crippen molar-refractivity contribution in [3.05, 3.63) is 0 Å². The first-order chi connectivity index (χ1) is 10.7. The summed E-state index contributed by atoms with van der Waals surface area (Å²) in [5.74, 6) is -1.08. The van der Waals surface area contributed by atoms with Gasteiger partial charge in [0, 0.05) is 6.54 Å². The van der Waals surface area contributed by atoms with Crippen molar-refractivity contribution in [2.24, 2.45) is 5.73 Å². The number of rotatable bonds is 6. The summed E-state index contributed by atoms with van der Waals surface area (Å²) in [5, 5.41) is 8.74. The summed E-state index contributed by atoms with van der Waals surface area (Å²) < 4.78 is 10.4. The lowest BCUT2D eigenvalue weighted by molar-refractivity contribution is -0.138. The quantitative estimate of drug-likeness (QED) is 0.710. The van der Waals surface area contributed by atoms with Crippen LogP contribution in [-0.4, -0.2) is 52.0 Å². The monoisotopic (exact) mass is 346 g/mol. The summed E-state index contributed by atoms with van der Waals surface area (Å²) in [4.78, 5) is 36.0. The molecule has 0 aromatic heterocycles. The summed E-state index contributed by atoms with van der Waals surface area (Å²) >= 11 is 0. The molecule has 0 saturated carbocycles. The van der Waals surface area contributed by atoms with Crippen LogP contribution in [-0.2, 0) is 14.3 Å². The normalized spacial score (nSPS) is 13.1. The summed E-state index contributed by atoms with van der Waals surface area (Å²) in [6.45, 7) is 10.3.